The van der Waals surface area contributed by atoms with Gasteiger partial charge < -0.3 is 15.1 Å². The van der Waals surface area contributed by atoms with E-state index in [-0.39, 0.29) is 5.91 Å². The molecule has 0 spiro atoms. The van der Waals surface area contributed by atoms with Crippen molar-refractivity contribution in [3.8, 4) is 0 Å². The van der Waals surface area contributed by atoms with Crippen LogP contribution in [0.2, 0.25) is 0 Å². The molecule has 1 fully saturated rings. The van der Waals surface area contributed by atoms with E-state index < -0.39 is 0 Å². The van der Waals surface area contributed by atoms with Crippen LogP contribution in [0.3, 0.4) is 0 Å². The van der Waals surface area contributed by atoms with Gasteiger partial charge in [0.15, 0.2) is 0 Å². The van der Waals surface area contributed by atoms with Crippen molar-refractivity contribution in [1.82, 2.24) is 14.7 Å². The number of aliphatic imine (C=N–C) groups is 1. The molecule has 134 valence electrons. The zero-order valence-corrected chi connectivity index (χ0v) is 15.1. The Labute approximate surface area is 149 Å². The van der Waals surface area contributed by atoms with Crippen LogP contribution in [-0.4, -0.2) is 80.2 Å². The number of hydrogen-bond acceptors (Lipinski definition) is 5. The van der Waals surface area contributed by atoms with Gasteiger partial charge in [-0.2, -0.15) is 0 Å². The first kappa shape index (κ1) is 17.6. The first-order chi connectivity index (χ1) is 12.1. The summed E-state index contributed by atoms with van der Waals surface area (Å²) in [5.74, 6) is 0.00416. The minimum Gasteiger partial charge on any atom is -0.359 e. The summed E-state index contributed by atoms with van der Waals surface area (Å²) in [4.78, 5) is 23.7. The molecule has 1 amide bonds. The number of anilines is 1. The average Bonchev–Trinajstić information content (AvgIpc) is 2.84. The number of fused-ring (bicyclic) bond motifs is 1. The lowest BCUT2D eigenvalue weighted by Gasteiger charge is -2.34. The fraction of sp³-hybridized carbons (Fsp3) is 0.474. The van der Waals surface area contributed by atoms with Crippen molar-refractivity contribution < 1.29 is 4.79 Å². The number of nitrogens with one attached hydrogen (secondary N) is 1. The van der Waals surface area contributed by atoms with Crippen LogP contribution in [0.5, 0.6) is 0 Å². The van der Waals surface area contributed by atoms with Crippen LogP contribution in [0.4, 0.5) is 5.69 Å². The molecular formula is C19H27N5O. The molecule has 0 unspecified atom stereocenters. The molecular weight excluding hydrogens is 314 g/mol. The van der Waals surface area contributed by atoms with Gasteiger partial charge in [0.1, 0.15) is 5.70 Å². The second-order valence-electron chi connectivity index (χ2n) is 6.81. The van der Waals surface area contributed by atoms with Crippen molar-refractivity contribution in [3.63, 3.8) is 0 Å². The average molecular weight is 341 g/mol. The number of benzene rings is 1. The predicted octanol–water partition coefficient (Wildman–Crippen LogP) is 1.47. The maximum atomic E-state index is 12.7. The molecule has 1 aromatic carbocycles. The molecule has 6 nitrogen and oxygen atoms in total. The largest absolute Gasteiger partial charge is 0.359 e. The molecule has 0 aromatic heterocycles. The fourth-order valence-electron chi connectivity index (χ4n) is 3.13. The first-order valence-corrected chi connectivity index (χ1v) is 8.89. The van der Waals surface area contributed by atoms with Crippen LogP contribution >= 0.6 is 0 Å². The highest BCUT2D eigenvalue weighted by Gasteiger charge is 2.23. The number of rotatable bonds is 5. The molecule has 0 bridgehead atoms. The number of nitrogens with zero attached hydrogens (tertiary/aromatic N) is 4. The van der Waals surface area contributed by atoms with E-state index in [0.717, 1.165) is 50.5 Å². The summed E-state index contributed by atoms with van der Waals surface area (Å²) in [7, 11) is 4.20. The standard InChI is InChI=1S/C19H27N5O/c1-22(2)8-5-9-23-10-12-24(13-11-23)19(25)18-15-21-17-7-4-3-6-16(17)14-20-18/h3-4,6-7,14-15,21H,5,8-13H2,1-2H3. The van der Waals surface area contributed by atoms with Crippen LogP contribution in [0, 0.1) is 0 Å². The maximum Gasteiger partial charge on any atom is 0.274 e. The van der Waals surface area contributed by atoms with Gasteiger partial charge in [0.2, 0.25) is 0 Å². The number of hydrogen-bond donors (Lipinski definition) is 1. The van der Waals surface area contributed by atoms with Gasteiger partial charge in [-0.25, -0.2) is 4.99 Å². The van der Waals surface area contributed by atoms with Gasteiger partial charge in [0.05, 0.1) is 0 Å². The van der Waals surface area contributed by atoms with Crippen molar-refractivity contribution in [2.75, 3.05) is 58.7 Å². The highest BCUT2D eigenvalue weighted by atomic mass is 16.2. The third-order valence-corrected chi connectivity index (χ3v) is 4.63. The van der Waals surface area contributed by atoms with Crippen LogP contribution in [0.15, 0.2) is 41.2 Å². The summed E-state index contributed by atoms with van der Waals surface area (Å²) in [6, 6.07) is 7.90. The highest BCUT2D eigenvalue weighted by Crippen LogP contribution is 2.18. The lowest BCUT2D eigenvalue weighted by molar-refractivity contribution is -0.128. The third kappa shape index (κ3) is 4.67. The van der Waals surface area contributed by atoms with E-state index in [1.54, 1.807) is 12.4 Å². The zero-order chi connectivity index (χ0) is 17.6. The molecule has 1 saturated heterocycles. The Morgan fingerprint density at radius 2 is 1.96 bits per heavy atom. The SMILES string of the molecule is CN(C)CCCN1CCN(C(=O)C2=CNc3ccccc3C=N2)CC1. The van der Waals surface area contributed by atoms with E-state index in [1.165, 1.54) is 6.42 Å². The lowest BCUT2D eigenvalue weighted by atomic mass is 10.2. The summed E-state index contributed by atoms with van der Waals surface area (Å²) in [6.07, 6.45) is 4.64. The minimum atomic E-state index is 0.00416. The number of carbonyl (C=O) groups is 1. The van der Waals surface area contributed by atoms with Gasteiger partial charge in [-0.05, 0) is 39.7 Å². The van der Waals surface area contributed by atoms with Crippen molar-refractivity contribution in [2.24, 2.45) is 4.99 Å². The van der Waals surface area contributed by atoms with Gasteiger partial charge >= 0.3 is 0 Å². The Kier molecular flexibility index (Phi) is 5.83. The van der Waals surface area contributed by atoms with E-state index in [4.69, 9.17) is 0 Å². The summed E-state index contributed by atoms with van der Waals surface area (Å²) in [6.45, 7) is 5.60. The van der Waals surface area contributed by atoms with E-state index in [0.29, 0.717) is 5.70 Å². The third-order valence-electron chi connectivity index (χ3n) is 4.63. The quantitative estimate of drug-likeness (QED) is 0.881. The second kappa shape index (κ2) is 8.27. The van der Waals surface area contributed by atoms with Gasteiger partial charge in [0.25, 0.3) is 5.91 Å². The van der Waals surface area contributed by atoms with E-state index in [2.05, 4.69) is 34.2 Å². The summed E-state index contributed by atoms with van der Waals surface area (Å²) in [5, 5.41) is 3.19. The molecule has 1 aromatic rings. The summed E-state index contributed by atoms with van der Waals surface area (Å²) < 4.78 is 0. The normalized spacial score (nSPS) is 17.7. The maximum absolute atomic E-state index is 12.7. The summed E-state index contributed by atoms with van der Waals surface area (Å²) >= 11 is 0. The van der Waals surface area contributed by atoms with Crippen molar-refractivity contribution in [3.05, 3.63) is 41.7 Å². The first-order valence-electron chi connectivity index (χ1n) is 8.89. The molecule has 1 N–H and O–H groups in total. The topological polar surface area (TPSA) is 51.2 Å². The Bertz CT molecular complexity index is 660. The van der Waals surface area contributed by atoms with E-state index >= 15 is 0 Å². The molecule has 3 rings (SSSR count). The summed E-state index contributed by atoms with van der Waals surface area (Å²) in [5.41, 5.74) is 2.43. The minimum absolute atomic E-state index is 0.00416. The molecule has 2 aliphatic heterocycles. The molecule has 0 radical (unpaired) electrons. The molecule has 0 aliphatic carbocycles. The molecule has 6 heteroatoms. The predicted molar refractivity (Wildman–Crippen MR) is 102 cm³/mol. The molecule has 0 saturated carbocycles. The van der Waals surface area contributed by atoms with Crippen LogP contribution in [-0.2, 0) is 4.79 Å². The number of amides is 1. The Morgan fingerprint density at radius 1 is 1.20 bits per heavy atom. The highest BCUT2D eigenvalue weighted by molar-refractivity contribution is 5.99. The van der Waals surface area contributed by atoms with Gasteiger partial charge in [-0.15, -0.1) is 0 Å². The smallest absolute Gasteiger partial charge is 0.274 e. The number of piperazine rings is 1. The van der Waals surface area contributed by atoms with Gasteiger partial charge in [0, 0.05) is 49.8 Å². The zero-order valence-electron chi connectivity index (χ0n) is 15.1. The monoisotopic (exact) mass is 341 g/mol. The van der Waals surface area contributed by atoms with Crippen molar-refractivity contribution >= 4 is 17.8 Å². The van der Waals surface area contributed by atoms with Crippen molar-refractivity contribution in [2.45, 2.75) is 6.42 Å². The fourth-order valence-corrected chi connectivity index (χ4v) is 3.13. The van der Waals surface area contributed by atoms with Gasteiger partial charge in [-0.1, -0.05) is 18.2 Å². The molecule has 2 aliphatic rings. The second-order valence-corrected chi connectivity index (χ2v) is 6.81. The molecule has 25 heavy (non-hydrogen) atoms. The Hall–Kier alpha value is -2.18. The van der Waals surface area contributed by atoms with Crippen LogP contribution < -0.4 is 5.32 Å². The Balaban J connectivity index is 1.52. The Morgan fingerprint density at radius 3 is 2.72 bits per heavy atom. The van der Waals surface area contributed by atoms with Crippen molar-refractivity contribution in [1.29, 1.82) is 0 Å². The van der Waals surface area contributed by atoms with Crippen LogP contribution in [0.1, 0.15) is 12.0 Å². The van der Waals surface area contributed by atoms with E-state index in [1.807, 2.05) is 29.2 Å². The molecule has 2 heterocycles. The molecule has 0 atom stereocenters. The number of carbonyl (C=O) groups excluding carboxylic acids is 1. The van der Waals surface area contributed by atoms with Gasteiger partial charge in [-0.3, -0.25) is 9.69 Å². The number of para-hydroxylation sites is 1. The lowest BCUT2D eigenvalue weighted by Crippen LogP contribution is -2.49. The van der Waals surface area contributed by atoms with E-state index in [9.17, 15) is 4.79 Å². The van der Waals surface area contributed by atoms with Crippen LogP contribution in [0.25, 0.3) is 0 Å².